The van der Waals surface area contributed by atoms with Crippen molar-refractivity contribution in [2.75, 3.05) is 50.7 Å². The van der Waals surface area contributed by atoms with Gasteiger partial charge in [-0.3, -0.25) is 9.69 Å². The number of piperazine rings is 1. The van der Waals surface area contributed by atoms with E-state index in [9.17, 15) is 9.90 Å². The zero-order valence-corrected chi connectivity index (χ0v) is 13.9. The summed E-state index contributed by atoms with van der Waals surface area (Å²) in [4.78, 5) is 18.9. The zero-order chi connectivity index (χ0) is 16.2. The van der Waals surface area contributed by atoms with Gasteiger partial charge < -0.3 is 14.9 Å². The third-order valence-electron chi connectivity index (χ3n) is 4.84. The fourth-order valence-corrected chi connectivity index (χ4v) is 3.50. The number of rotatable bonds is 3. The summed E-state index contributed by atoms with van der Waals surface area (Å²) >= 11 is 0. The molecule has 2 fully saturated rings. The Hall–Kier alpha value is -1.59. The van der Waals surface area contributed by atoms with Gasteiger partial charge in [-0.15, -0.1) is 0 Å². The maximum Gasteiger partial charge on any atom is 0.236 e. The first-order valence-electron chi connectivity index (χ1n) is 8.61. The Morgan fingerprint density at radius 1 is 1.22 bits per heavy atom. The fourth-order valence-electron chi connectivity index (χ4n) is 3.50. The Labute approximate surface area is 138 Å². The summed E-state index contributed by atoms with van der Waals surface area (Å²) in [5.41, 5.74) is 2.51. The number of aliphatic hydroxyl groups excluding tert-OH is 1. The first kappa shape index (κ1) is 16.3. The van der Waals surface area contributed by atoms with E-state index >= 15 is 0 Å². The van der Waals surface area contributed by atoms with Crippen molar-refractivity contribution in [2.24, 2.45) is 0 Å². The van der Waals surface area contributed by atoms with Gasteiger partial charge in [0, 0.05) is 38.4 Å². The molecule has 1 aromatic rings. The van der Waals surface area contributed by atoms with Crippen LogP contribution in [0.3, 0.4) is 0 Å². The number of aliphatic hydroxyl groups is 1. The summed E-state index contributed by atoms with van der Waals surface area (Å²) in [5, 5.41) is 9.71. The van der Waals surface area contributed by atoms with Crippen molar-refractivity contribution in [3.63, 3.8) is 0 Å². The maximum absolute atomic E-state index is 12.5. The van der Waals surface area contributed by atoms with Crippen LogP contribution in [-0.4, -0.2) is 72.7 Å². The molecule has 126 valence electrons. The van der Waals surface area contributed by atoms with Crippen LogP contribution in [0.4, 0.5) is 5.69 Å². The molecule has 2 aliphatic rings. The number of nitrogens with zero attached hydrogens (tertiary/aromatic N) is 3. The van der Waals surface area contributed by atoms with Crippen LogP contribution in [0.2, 0.25) is 0 Å². The number of hydrogen-bond donors (Lipinski definition) is 1. The van der Waals surface area contributed by atoms with Crippen LogP contribution in [-0.2, 0) is 4.79 Å². The number of aryl methyl sites for hydroxylation is 1. The van der Waals surface area contributed by atoms with Crippen molar-refractivity contribution in [3.05, 3.63) is 29.8 Å². The first-order chi connectivity index (χ1) is 11.1. The number of carbonyl (C=O) groups excluding carboxylic acids is 1. The average molecular weight is 317 g/mol. The number of piperidine rings is 1. The Kier molecular flexibility index (Phi) is 5.18. The van der Waals surface area contributed by atoms with Gasteiger partial charge in [0.1, 0.15) is 0 Å². The second kappa shape index (κ2) is 7.32. The second-order valence-corrected chi connectivity index (χ2v) is 6.74. The summed E-state index contributed by atoms with van der Waals surface area (Å²) < 4.78 is 0. The van der Waals surface area contributed by atoms with Gasteiger partial charge in [0.15, 0.2) is 0 Å². The molecule has 2 heterocycles. The minimum atomic E-state index is -0.269. The highest BCUT2D eigenvalue weighted by atomic mass is 16.3. The molecule has 0 aromatic heterocycles. The van der Waals surface area contributed by atoms with Crippen molar-refractivity contribution in [2.45, 2.75) is 25.9 Å². The van der Waals surface area contributed by atoms with Crippen molar-refractivity contribution in [1.82, 2.24) is 9.80 Å². The molecular formula is C18H27N3O2. The number of carbonyl (C=O) groups is 1. The molecule has 0 radical (unpaired) electrons. The molecule has 3 rings (SSSR count). The summed E-state index contributed by atoms with van der Waals surface area (Å²) in [6.07, 6.45) is 1.57. The van der Waals surface area contributed by atoms with Crippen LogP contribution in [0, 0.1) is 6.92 Å². The fraction of sp³-hybridized carbons (Fsp3) is 0.611. The Morgan fingerprint density at radius 3 is 2.70 bits per heavy atom. The monoisotopic (exact) mass is 317 g/mol. The molecule has 0 bridgehead atoms. The molecule has 5 nitrogen and oxygen atoms in total. The highest BCUT2D eigenvalue weighted by Gasteiger charge is 2.25. The topological polar surface area (TPSA) is 47.0 Å². The van der Waals surface area contributed by atoms with Gasteiger partial charge in [-0.05, 0) is 44.0 Å². The second-order valence-electron chi connectivity index (χ2n) is 6.74. The van der Waals surface area contributed by atoms with E-state index in [1.807, 2.05) is 4.90 Å². The van der Waals surface area contributed by atoms with E-state index < -0.39 is 0 Å². The Morgan fingerprint density at radius 2 is 2.00 bits per heavy atom. The van der Waals surface area contributed by atoms with Crippen LogP contribution in [0.25, 0.3) is 0 Å². The lowest BCUT2D eigenvalue weighted by Crippen LogP contribution is -2.52. The van der Waals surface area contributed by atoms with Gasteiger partial charge >= 0.3 is 0 Å². The van der Waals surface area contributed by atoms with Crippen molar-refractivity contribution in [3.8, 4) is 0 Å². The van der Waals surface area contributed by atoms with Gasteiger partial charge in [0.2, 0.25) is 5.91 Å². The molecule has 1 N–H and O–H groups in total. The smallest absolute Gasteiger partial charge is 0.236 e. The zero-order valence-electron chi connectivity index (χ0n) is 13.9. The van der Waals surface area contributed by atoms with E-state index in [1.165, 1.54) is 11.3 Å². The van der Waals surface area contributed by atoms with Gasteiger partial charge in [-0.2, -0.15) is 0 Å². The minimum Gasteiger partial charge on any atom is -0.392 e. The van der Waals surface area contributed by atoms with Crippen molar-refractivity contribution < 1.29 is 9.90 Å². The summed E-state index contributed by atoms with van der Waals surface area (Å²) in [7, 11) is 0. The summed E-state index contributed by atoms with van der Waals surface area (Å²) in [6.45, 7) is 7.45. The maximum atomic E-state index is 12.5. The lowest BCUT2D eigenvalue weighted by molar-refractivity contribution is -0.133. The quantitative estimate of drug-likeness (QED) is 0.907. The minimum absolute atomic E-state index is 0.197. The van der Waals surface area contributed by atoms with E-state index in [0.717, 1.165) is 45.6 Å². The molecule has 1 amide bonds. The lowest BCUT2D eigenvalue weighted by Gasteiger charge is -2.38. The average Bonchev–Trinajstić information content (AvgIpc) is 2.55. The molecule has 2 aliphatic heterocycles. The number of likely N-dealkylation sites (tertiary alicyclic amines) is 1. The van der Waals surface area contributed by atoms with Crippen molar-refractivity contribution in [1.29, 1.82) is 0 Å². The van der Waals surface area contributed by atoms with Crippen LogP contribution >= 0.6 is 0 Å². The van der Waals surface area contributed by atoms with E-state index in [4.69, 9.17) is 0 Å². The molecule has 0 spiro atoms. The van der Waals surface area contributed by atoms with E-state index in [1.54, 1.807) is 0 Å². The molecule has 0 aliphatic carbocycles. The first-order valence-corrected chi connectivity index (χ1v) is 8.61. The lowest BCUT2D eigenvalue weighted by atomic mass is 10.1. The predicted molar refractivity (Wildman–Crippen MR) is 91.7 cm³/mol. The van der Waals surface area contributed by atoms with Crippen LogP contribution < -0.4 is 4.90 Å². The van der Waals surface area contributed by atoms with Crippen LogP contribution in [0.1, 0.15) is 18.4 Å². The van der Waals surface area contributed by atoms with Gasteiger partial charge in [-0.1, -0.05) is 12.1 Å². The molecule has 0 saturated carbocycles. The Balaban J connectivity index is 1.49. The number of β-amino-alcohol motifs (C(OH)–C–C–N with tert-alkyl or cyclic N) is 1. The molecule has 2 saturated heterocycles. The summed E-state index contributed by atoms with van der Waals surface area (Å²) in [6, 6.07) is 8.53. The highest BCUT2D eigenvalue weighted by Crippen LogP contribution is 2.18. The van der Waals surface area contributed by atoms with E-state index in [2.05, 4.69) is 41.0 Å². The van der Waals surface area contributed by atoms with E-state index in [0.29, 0.717) is 13.1 Å². The molecule has 5 heteroatoms. The van der Waals surface area contributed by atoms with E-state index in [-0.39, 0.29) is 12.0 Å². The number of hydrogen-bond acceptors (Lipinski definition) is 4. The van der Waals surface area contributed by atoms with Gasteiger partial charge in [0.05, 0.1) is 12.6 Å². The van der Waals surface area contributed by atoms with Gasteiger partial charge in [-0.25, -0.2) is 0 Å². The largest absolute Gasteiger partial charge is 0.392 e. The number of amides is 1. The normalized spacial score (nSPS) is 23.1. The third kappa shape index (κ3) is 4.24. The van der Waals surface area contributed by atoms with Crippen LogP contribution in [0.15, 0.2) is 24.3 Å². The van der Waals surface area contributed by atoms with Crippen molar-refractivity contribution >= 4 is 11.6 Å². The standard InChI is InChI=1S/C18H27N3O2/c1-15-4-2-5-16(12-15)20-8-10-21(11-9-20)18(23)14-19-7-3-6-17(22)13-19/h2,4-5,12,17,22H,3,6-11,13-14H2,1H3/t17-/m1/s1. The molecule has 1 atom stereocenters. The molecule has 23 heavy (non-hydrogen) atoms. The molecule has 1 aromatic carbocycles. The summed E-state index contributed by atoms with van der Waals surface area (Å²) in [5.74, 6) is 0.197. The third-order valence-corrected chi connectivity index (χ3v) is 4.84. The highest BCUT2D eigenvalue weighted by molar-refractivity contribution is 5.78. The number of anilines is 1. The van der Waals surface area contributed by atoms with Gasteiger partial charge in [0.25, 0.3) is 0 Å². The van der Waals surface area contributed by atoms with Crippen LogP contribution in [0.5, 0.6) is 0 Å². The number of benzene rings is 1. The SMILES string of the molecule is Cc1cccc(N2CCN(C(=O)CN3CCC[C@@H](O)C3)CC2)c1. The Bertz CT molecular complexity index is 541. The molecular weight excluding hydrogens is 290 g/mol. The molecule has 0 unspecified atom stereocenters. The predicted octanol–water partition coefficient (Wildman–Crippen LogP) is 1.10.